The number of anilines is 1. The van der Waals surface area contributed by atoms with Crippen molar-refractivity contribution in [2.75, 3.05) is 11.4 Å². The first-order chi connectivity index (χ1) is 9.65. The lowest BCUT2D eigenvalue weighted by Gasteiger charge is -2.10. The first-order valence-electron chi connectivity index (χ1n) is 5.58. The third-order valence-electron chi connectivity index (χ3n) is 2.27. The number of carbonyl (C=O) groups excluding carboxylic acids is 2. The van der Waals surface area contributed by atoms with Crippen LogP contribution in [-0.2, 0) is 4.79 Å². The molecule has 1 aliphatic rings. The van der Waals surface area contributed by atoms with E-state index in [0.29, 0.717) is 5.76 Å². The van der Waals surface area contributed by atoms with Crippen LogP contribution in [0, 0.1) is 0 Å². The maximum Gasteiger partial charge on any atom is 0.331 e. The number of rotatable bonds is 5. The molecule has 0 spiro atoms. The Hall–Kier alpha value is -3.03. The first-order valence-corrected chi connectivity index (χ1v) is 5.58. The number of urea groups is 1. The minimum Gasteiger partial charge on any atom is -0.424 e. The molecule has 8 heteroatoms. The molecule has 1 N–H and O–H groups in total. The summed E-state index contributed by atoms with van der Waals surface area (Å²) in [4.78, 5) is 35.3. The number of nitrogens with zero attached hydrogens (tertiary/aromatic N) is 4. The molecule has 2 heterocycles. The van der Waals surface area contributed by atoms with Crippen molar-refractivity contribution < 1.29 is 14.3 Å². The quantitative estimate of drug-likeness (QED) is 0.478. The molecule has 0 bridgehead atoms. The van der Waals surface area contributed by atoms with Crippen LogP contribution in [0.5, 0.6) is 6.01 Å². The Balaban J connectivity index is 2.26. The molecule has 2 rings (SSSR count). The van der Waals surface area contributed by atoms with Crippen molar-refractivity contribution in [3.8, 4) is 6.01 Å². The zero-order valence-corrected chi connectivity index (χ0v) is 10.4. The van der Waals surface area contributed by atoms with Crippen LogP contribution in [0.15, 0.2) is 43.5 Å². The van der Waals surface area contributed by atoms with Crippen LogP contribution in [0.2, 0.25) is 0 Å². The maximum atomic E-state index is 11.5. The second-order valence-corrected chi connectivity index (χ2v) is 3.57. The number of imide groups is 1. The van der Waals surface area contributed by atoms with E-state index < -0.39 is 11.9 Å². The minimum atomic E-state index is -0.585. The van der Waals surface area contributed by atoms with Gasteiger partial charge in [-0.2, -0.15) is 14.9 Å². The molecule has 1 fully saturated rings. The first kappa shape index (κ1) is 13.4. The molecule has 0 unspecified atom stereocenters. The van der Waals surface area contributed by atoms with Gasteiger partial charge in [0.2, 0.25) is 5.95 Å². The number of aromatic nitrogens is 3. The molecule has 8 nitrogen and oxygen atoms in total. The molecule has 20 heavy (non-hydrogen) atoms. The van der Waals surface area contributed by atoms with Gasteiger partial charge in [0.1, 0.15) is 12.1 Å². The van der Waals surface area contributed by atoms with Crippen LogP contribution in [0.25, 0.3) is 0 Å². The highest BCUT2D eigenvalue weighted by Gasteiger charge is 2.32. The van der Waals surface area contributed by atoms with E-state index in [1.165, 1.54) is 12.2 Å². The fraction of sp³-hybridized carbons (Fsp3) is 0.0833. The van der Waals surface area contributed by atoms with Gasteiger partial charge in [0, 0.05) is 0 Å². The molecular formula is C12H11N5O3. The van der Waals surface area contributed by atoms with E-state index in [1.807, 2.05) is 0 Å². The van der Waals surface area contributed by atoms with Gasteiger partial charge in [-0.05, 0) is 12.2 Å². The fourth-order valence-corrected chi connectivity index (χ4v) is 1.42. The van der Waals surface area contributed by atoms with Crippen molar-refractivity contribution in [3.05, 3.63) is 43.5 Å². The van der Waals surface area contributed by atoms with Crippen molar-refractivity contribution in [1.29, 1.82) is 0 Å². The summed E-state index contributed by atoms with van der Waals surface area (Å²) in [5.74, 6) is -0.177. The highest BCUT2D eigenvalue weighted by molar-refractivity contribution is 6.18. The standard InChI is InChI=1S/C12H11N5O3/c1-3-5-8(4-2)20-11-15-7-14-10(16-11)17-9(18)6-13-12(17)19/h3-5,7H,1-2,6H2,(H,13,19)/b8-5+. The molecule has 1 aromatic heterocycles. The molecule has 0 saturated carbocycles. The van der Waals surface area contributed by atoms with Crippen molar-refractivity contribution >= 4 is 17.9 Å². The molecule has 3 amide bonds. The van der Waals surface area contributed by atoms with Gasteiger partial charge < -0.3 is 10.1 Å². The lowest BCUT2D eigenvalue weighted by atomic mass is 10.4. The Morgan fingerprint density at radius 1 is 1.40 bits per heavy atom. The third kappa shape index (κ3) is 2.69. The predicted molar refractivity (Wildman–Crippen MR) is 69.8 cm³/mol. The van der Waals surface area contributed by atoms with E-state index >= 15 is 0 Å². The molecule has 0 atom stereocenters. The van der Waals surface area contributed by atoms with Gasteiger partial charge in [0.15, 0.2) is 0 Å². The summed E-state index contributed by atoms with van der Waals surface area (Å²) < 4.78 is 5.31. The molecule has 102 valence electrons. The van der Waals surface area contributed by atoms with Crippen molar-refractivity contribution in [2.45, 2.75) is 0 Å². The summed E-state index contributed by atoms with van der Waals surface area (Å²) in [7, 11) is 0. The van der Waals surface area contributed by atoms with Gasteiger partial charge in [0.05, 0.1) is 6.54 Å². The number of hydrogen-bond acceptors (Lipinski definition) is 6. The minimum absolute atomic E-state index is 0.0597. The van der Waals surface area contributed by atoms with Gasteiger partial charge in [-0.15, -0.1) is 0 Å². The molecule has 0 aromatic carbocycles. The van der Waals surface area contributed by atoms with Gasteiger partial charge in [-0.3, -0.25) is 4.79 Å². The monoisotopic (exact) mass is 273 g/mol. The van der Waals surface area contributed by atoms with Gasteiger partial charge in [-0.1, -0.05) is 19.2 Å². The summed E-state index contributed by atoms with van der Waals surface area (Å²) in [5.41, 5.74) is 0. The second kappa shape index (κ2) is 5.74. The summed E-state index contributed by atoms with van der Waals surface area (Å²) in [6.07, 6.45) is 5.66. The van der Waals surface area contributed by atoms with Crippen molar-refractivity contribution in [1.82, 2.24) is 20.3 Å². The van der Waals surface area contributed by atoms with Crippen LogP contribution in [0.3, 0.4) is 0 Å². The Labute approximate surface area is 114 Å². The van der Waals surface area contributed by atoms with Gasteiger partial charge >= 0.3 is 12.0 Å². The number of nitrogens with one attached hydrogen (secondary N) is 1. The number of carbonyl (C=O) groups is 2. The Morgan fingerprint density at radius 3 is 2.80 bits per heavy atom. The van der Waals surface area contributed by atoms with Gasteiger partial charge in [-0.25, -0.2) is 9.78 Å². The smallest absolute Gasteiger partial charge is 0.331 e. The molecule has 1 aromatic rings. The van der Waals surface area contributed by atoms with Crippen LogP contribution >= 0.6 is 0 Å². The van der Waals surface area contributed by atoms with Crippen LogP contribution < -0.4 is 15.0 Å². The van der Waals surface area contributed by atoms with E-state index in [4.69, 9.17) is 4.74 Å². The van der Waals surface area contributed by atoms with Crippen LogP contribution in [-0.4, -0.2) is 33.4 Å². The average molecular weight is 273 g/mol. The normalized spacial score (nSPS) is 15.0. The van der Waals surface area contributed by atoms with Crippen LogP contribution in [0.1, 0.15) is 0 Å². The summed E-state index contributed by atoms with van der Waals surface area (Å²) >= 11 is 0. The number of amides is 3. The van der Waals surface area contributed by atoms with Gasteiger partial charge in [0.25, 0.3) is 5.91 Å². The third-order valence-corrected chi connectivity index (χ3v) is 2.27. The fourth-order valence-electron chi connectivity index (χ4n) is 1.42. The maximum absolute atomic E-state index is 11.5. The average Bonchev–Trinajstić information content (AvgIpc) is 2.78. The Bertz CT molecular complexity index is 595. The highest BCUT2D eigenvalue weighted by atomic mass is 16.5. The number of allylic oxidation sites excluding steroid dienone is 3. The Morgan fingerprint density at radius 2 is 2.20 bits per heavy atom. The summed E-state index contributed by atoms with van der Waals surface area (Å²) in [5, 5.41) is 2.36. The highest BCUT2D eigenvalue weighted by Crippen LogP contribution is 2.15. The molecular weight excluding hydrogens is 262 g/mol. The molecule has 0 aliphatic carbocycles. The lowest BCUT2D eigenvalue weighted by Crippen LogP contribution is -2.32. The predicted octanol–water partition coefficient (Wildman–Crippen LogP) is 0.562. The zero-order valence-electron chi connectivity index (χ0n) is 10.4. The molecule has 1 saturated heterocycles. The number of hydrogen-bond donors (Lipinski definition) is 1. The van der Waals surface area contributed by atoms with E-state index in [2.05, 4.69) is 33.4 Å². The summed E-state index contributed by atoms with van der Waals surface area (Å²) in [6.45, 7) is 7.00. The SMILES string of the molecule is C=C/C=C(\C=C)Oc1ncnc(N2C(=O)CNC2=O)n1. The van der Waals surface area contributed by atoms with E-state index in [9.17, 15) is 9.59 Å². The zero-order chi connectivity index (χ0) is 14.5. The molecule has 1 aliphatic heterocycles. The largest absolute Gasteiger partial charge is 0.424 e. The van der Waals surface area contributed by atoms with Crippen LogP contribution in [0.4, 0.5) is 10.7 Å². The van der Waals surface area contributed by atoms with Crippen molar-refractivity contribution in [3.63, 3.8) is 0 Å². The van der Waals surface area contributed by atoms with E-state index in [0.717, 1.165) is 11.2 Å². The second-order valence-electron chi connectivity index (χ2n) is 3.57. The van der Waals surface area contributed by atoms with Crippen molar-refractivity contribution in [2.24, 2.45) is 0 Å². The lowest BCUT2D eigenvalue weighted by molar-refractivity contribution is -0.115. The molecule has 0 radical (unpaired) electrons. The topological polar surface area (TPSA) is 97.3 Å². The Kier molecular flexibility index (Phi) is 3.85. The summed E-state index contributed by atoms with van der Waals surface area (Å²) in [6, 6.07) is -0.645. The number of ether oxygens (including phenoxy) is 1. The van der Waals surface area contributed by atoms with E-state index in [1.54, 1.807) is 6.08 Å². The van der Waals surface area contributed by atoms with E-state index in [-0.39, 0.29) is 18.5 Å².